The Labute approximate surface area is 225 Å². The van der Waals surface area contributed by atoms with Crippen LogP contribution in [-0.2, 0) is 20.8 Å². The van der Waals surface area contributed by atoms with Gasteiger partial charge >= 0.3 is 0 Å². The minimum absolute atomic E-state index is 0.0381. The van der Waals surface area contributed by atoms with E-state index in [0.29, 0.717) is 5.69 Å². The first kappa shape index (κ1) is 29.1. The van der Waals surface area contributed by atoms with Gasteiger partial charge in [0.05, 0.1) is 17.0 Å². The SMILES string of the molecule is CN[C@@H](C)C(=O)C[C@H](C(=O)N(C)[C@H](C(=O)Cc1snnc1-c1ccccc1)C(C)(C)C)C1CCCCC1. The number of ketones is 2. The van der Waals surface area contributed by atoms with Gasteiger partial charge in [-0.3, -0.25) is 14.4 Å². The summed E-state index contributed by atoms with van der Waals surface area (Å²) in [6.45, 7) is 7.81. The minimum Gasteiger partial charge on any atom is -0.335 e. The smallest absolute Gasteiger partial charge is 0.226 e. The molecule has 0 saturated heterocycles. The maximum Gasteiger partial charge on any atom is 0.226 e. The number of likely N-dealkylation sites (N-methyl/N-ethyl adjacent to an activating group) is 2. The fourth-order valence-electron chi connectivity index (χ4n) is 5.61. The van der Waals surface area contributed by atoms with E-state index in [-0.39, 0.29) is 42.3 Å². The number of amides is 1. The zero-order chi connectivity index (χ0) is 27.2. The summed E-state index contributed by atoms with van der Waals surface area (Å²) in [6.07, 6.45) is 5.60. The fourth-order valence-corrected chi connectivity index (χ4v) is 6.28. The molecular formula is C29H42N4O3S. The van der Waals surface area contributed by atoms with Gasteiger partial charge in [-0.2, -0.15) is 0 Å². The highest BCUT2D eigenvalue weighted by Crippen LogP contribution is 2.36. The summed E-state index contributed by atoms with van der Waals surface area (Å²) in [5.74, 6) is -0.327. The molecule has 1 N–H and O–H groups in total. The summed E-state index contributed by atoms with van der Waals surface area (Å²) in [5, 5.41) is 7.29. The number of Topliss-reactive ketones (excluding diaryl/α,β-unsaturated/α-hetero) is 2. The Bertz CT molecular complexity index is 1060. The standard InChI is InChI=1S/C29H42N4O3S/c1-19(30-5)23(34)17-22(20-13-9-7-10-14-20)28(36)33(6)27(29(2,3)4)24(35)18-25-26(31-32-37-25)21-15-11-8-12-16-21/h8,11-12,15-16,19-20,22,27,30H,7,9-10,13-14,17-18H2,1-6H3/t19-,22-,27+/m0/s1. The molecule has 1 heterocycles. The van der Waals surface area contributed by atoms with Crippen LogP contribution in [0, 0.1) is 17.3 Å². The monoisotopic (exact) mass is 526 g/mol. The van der Waals surface area contributed by atoms with Gasteiger partial charge in [0.2, 0.25) is 5.91 Å². The maximum absolute atomic E-state index is 14.1. The third kappa shape index (κ3) is 7.32. The molecule has 3 atom stereocenters. The van der Waals surface area contributed by atoms with Gasteiger partial charge in [-0.25, -0.2) is 0 Å². The molecule has 1 amide bonds. The minimum atomic E-state index is -0.631. The van der Waals surface area contributed by atoms with Gasteiger partial charge in [-0.05, 0) is 49.7 Å². The third-order valence-corrected chi connectivity index (χ3v) is 8.39. The Balaban J connectivity index is 1.86. The maximum atomic E-state index is 14.1. The van der Waals surface area contributed by atoms with E-state index in [4.69, 9.17) is 0 Å². The highest BCUT2D eigenvalue weighted by Gasteiger charge is 2.41. The van der Waals surface area contributed by atoms with Crippen LogP contribution in [-0.4, -0.2) is 58.1 Å². The van der Waals surface area contributed by atoms with Crippen LogP contribution in [0.3, 0.4) is 0 Å². The highest BCUT2D eigenvalue weighted by atomic mass is 32.1. The number of nitrogens with one attached hydrogen (secondary N) is 1. The molecule has 0 radical (unpaired) electrons. The molecule has 0 unspecified atom stereocenters. The number of hydrogen-bond acceptors (Lipinski definition) is 7. The molecule has 7 nitrogen and oxygen atoms in total. The topological polar surface area (TPSA) is 92.3 Å². The molecule has 202 valence electrons. The second kappa shape index (κ2) is 12.9. The van der Waals surface area contributed by atoms with Crippen LogP contribution < -0.4 is 5.32 Å². The van der Waals surface area contributed by atoms with Crippen LogP contribution in [0.4, 0.5) is 0 Å². The lowest BCUT2D eigenvalue weighted by molar-refractivity contribution is -0.148. The molecule has 2 aromatic rings. The average Bonchev–Trinajstić information content (AvgIpc) is 3.34. The highest BCUT2D eigenvalue weighted by molar-refractivity contribution is 7.06. The van der Waals surface area contributed by atoms with Crippen LogP contribution in [0.2, 0.25) is 0 Å². The van der Waals surface area contributed by atoms with Crippen molar-refractivity contribution < 1.29 is 14.4 Å². The lowest BCUT2D eigenvalue weighted by atomic mass is 9.75. The molecule has 0 bridgehead atoms. The Morgan fingerprint density at radius 3 is 2.32 bits per heavy atom. The quantitative estimate of drug-likeness (QED) is 0.445. The van der Waals surface area contributed by atoms with Crippen LogP contribution in [0.1, 0.15) is 71.1 Å². The first-order chi connectivity index (χ1) is 17.5. The van der Waals surface area contributed by atoms with Crippen LogP contribution >= 0.6 is 11.5 Å². The number of aromatic nitrogens is 2. The molecule has 3 rings (SSSR count). The van der Waals surface area contributed by atoms with Crippen molar-refractivity contribution >= 4 is 29.0 Å². The van der Waals surface area contributed by atoms with Gasteiger partial charge in [-0.15, -0.1) is 5.10 Å². The van der Waals surface area contributed by atoms with Crippen LogP contribution in [0.25, 0.3) is 11.3 Å². The normalized spacial score (nSPS) is 17.1. The average molecular weight is 527 g/mol. The molecular weight excluding hydrogens is 484 g/mol. The van der Waals surface area contributed by atoms with E-state index in [0.717, 1.165) is 36.1 Å². The van der Waals surface area contributed by atoms with E-state index in [1.165, 1.54) is 18.0 Å². The van der Waals surface area contributed by atoms with E-state index < -0.39 is 17.4 Å². The molecule has 1 aromatic carbocycles. The second-order valence-corrected chi connectivity index (χ2v) is 12.3. The Hall–Kier alpha value is -2.45. The van der Waals surface area contributed by atoms with Crippen molar-refractivity contribution in [2.24, 2.45) is 17.3 Å². The van der Waals surface area contributed by atoms with E-state index in [1.807, 2.05) is 58.0 Å². The van der Waals surface area contributed by atoms with Crippen molar-refractivity contribution in [1.29, 1.82) is 0 Å². The van der Waals surface area contributed by atoms with Gasteiger partial charge in [0.1, 0.15) is 11.5 Å². The van der Waals surface area contributed by atoms with Gasteiger partial charge in [0.25, 0.3) is 0 Å². The van der Waals surface area contributed by atoms with Gasteiger partial charge in [0, 0.05) is 31.4 Å². The molecule has 1 aliphatic rings. The lowest BCUT2D eigenvalue weighted by Gasteiger charge is -2.40. The molecule has 1 fully saturated rings. The van der Waals surface area contributed by atoms with Gasteiger partial charge in [-0.1, -0.05) is 74.9 Å². The van der Waals surface area contributed by atoms with Gasteiger partial charge < -0.3 is 10.2 Å². The van der Waals surface area contributed by atoms with Crippen molar-refractivity contribution in [3.8, 4) is 11.3 Å². The molecule has 8 heteroatoms. The zero-order valence-electron chi connectivity index (χ0n) is 23.1. The Morgan fingerprint density at radius 1 is 1.08 bits per heavy atom. The van der Waals surface area contributed by atoms with Crippen molar-refractivity contribution in [2.45, 2.75) is 84.7 Å². The number of hydrogen-bond donors (Lipinski definition) is 1. The summed E-state index contributed by atoms with van der Waals surface area (Å²) in [4.78, 5) is 43.3. The summed E-state index contributed by atoms with van der Waals surface area (Å²) in [5.41, 5.74) is 1.16. The third-order valence-electron chi connectivity index (χ3n) is 7.67. The Morgan fingerprint density at radius 2 is 1.73 bits per heavy atom. The number of carbonyl (C=O) groups excluding carboxylic acids is 3. The second-order valence-electron chi connectivity index (χ2n) is 11.5. The van der Waals surface area contributed by atoms with Crippen molar-refractivity contribution in [2.75, 3.05) is 14.1 Å². The predicted molar refractivity (Wildman–Crippen MR) is 148 cm³/mol. The van der Waals surface area contributed by atoms with Crippen molar-refractivity contribution in [3.05, 3.63) is 35.2 Å². The number of benzene rings is 1. The van der Waals surface area contributed by atoms with E-state index in [1.54, 1.807) is 19.0 Å². The summed E-state index contributed by atoms with van der Waals surface area (Å²) < 4.78 is 4.12. The van der Waals surface area contributed by atoms with Crippen molar-refractivity contribution in [3.63, 3.8) is 0 Å². The Kier molecular flexibility index (Phi) is 10.1. The molecule has 37 heavy (non-hydrogen) atoms. The number of carbonyl (C=O) groups is 3. The summed E-state index contributed by atoms with van der Waals surface area (Å²) in [7, 11) is 3.50. The van der Waals surface area contributed by atoms with Gasteiger partial charge in [0.15, 0.2) is 5.78 Å². The van der Waals surface area contributed by atoms with Crippen molar-refractivity contribution in [1.82, 2.24) is 19.8 Å². The molecule has 1 saturated carbocycles. The fraction of sp³-hybridized carbons (Fsp3) is 0.621. The van der Waals surface area contributed by atoms with E-state index in [9.17, 15) is 14.4 Å². The summed E-state index contributed by atoms with van der Waals surface area (Å²) in [6, 6.07) is 8.79. The first-order valence-electron chi connectivity index (χ1n) is 13.4. The molecule has 0 aliphatic heterocycles. The van der Waals surface area contributed by atoms with E-state index >= 15 is 0 Å². The van der Waals surface area contributed by atoms with E-state index in [2.05, 4.69) is 14.9 Å². The number of nitrogens with zero attached hydrogens (tertiary/aromatic N) is 3. The number of rotatable bonds is 11. The summed E-state index contributed by atoms with van der Waals surface area (Å²) >= 11 is 1.23. The molecule has 1 aromatic heterocycles. The molecule has 1 aliphatic carbocycles. The molecule has 0 spiro atoms. The van der Waals surface area contributed by atoms with Crippen LogP contribution in [0.15, 0.2) is 30.3 Å². The van der Waals surface area contributed by atoms with Crippen LogP contribution in [0.5, 0.6) is 0 Å². The predicted octanol–water partition coefficient (Wildman–Crippen LogP) is 4.95. The first-order valence-corrected chi connectivity index (χ1v) is 14.2. The lowest BCUT2D eigenvalue weighted by Crippen LogP contribution is -2.53. The zero-order valence-corrected chi connectivity index (χ0v) is 23.9. The largest absolute Gasteiger partial charge is 0.335 e.